The normalized spacial score (nSPS) is 10.8. The van der Waals surface area contributed by atoms with E-state index < -0.39 is 0 Å². The molecule has 3 aromatic rings. The third-order valence-corrected chi connectivity index (χ3v) is 3.88. The minimum atomic E-state index is -0.161. The molecule has 0 saturated heterocycles. The molecule has 0 atom stereocenters. The third kappa shape index (κ3) is 3.81. The number of rotatable bonds is 6. The molecule has 0 aliphatic heterocycles. The van der Waals surface area contributed by atoms with Gasteiger partial charge in [-0.1, -0.05) is 23.9 Å². The van der Waals surface area contributed by atoms with Gasteiger partial charge in [-0.2, -0.15) is 0 Å². The number of nitrogens with one attached hydrogen (secondary N) is 1. The Kier molecular flexibility index (Phi) is 4.47. The summed E-state index contributed by atoms with van der Waals surface area (Å²) in [5.74, 6) is 0.649. The molecule has 0 aliphatic carbocycles. The number of thioether (sulfide) groups is 1. The lowest BCUT2D eigenvalue weighted by Gasteiger charge is -1.98. The smallest absolute Gasteiger partial charge is 0.257 e. The van der Waals surface area contributed by atoms with E-state index in [2.05, 4.69) is 10.3 Å². The van der Waals surface area contributed by atoms with Crippen LogP contribution in [0.1, 0.15) is 23.2 Å². The molecule has 6 nitrogen and oxygen atoms in total. The molecule has 2 heterocycles. The topological polar surface area (TPSA) is 85.3 Å². The first kappa shape index (κ1) is 15.4. The van der Waals surface area contributed by atoms with Gasteiger partial charge in [0, 0.05) is 6.92 Å². The van der Waals surface area contributed by atoms with E-state index >= 15 is 0 Å². The Hall–Kier alpha value is -2.54. The van der Waals surface area contributed by atoms with Crippen LogP contribution >= 0.6 is 11.8 Å². The second-order valence-electron chi connectivity index (χ2n) is 4.84. The van der Waals surface area contributed by atoms with Gasteiger partial charge in [0.15, 0.2) is 11.3 Å². The lowest BCUT2D eigenvalue weighted by Crippen LogP contribution is -2.18. The number of ketones is 1. The molecule has 1 N–H and O–H groups in total. The van der Waals surface area contributed by atoms with Crippen LogP contribution in [0, 0.1) is 0 Å². The van der Waals surface area contributed by atoms with Gasteiger partial charge in [-0.15, -0.1) is 0 Å². The monoisotopic (exact) mass is 330 g/mol. The van der Waals surface area contributed by atoms with E-state index in [0.29, 0.717) is 16.6 Å². The quantitative estimate of drug-likeness (QED) is 0.552. The number of carbonyl (C=O) groups is 2. The molecular weight excluding hydrogens is 316 g/mol. The Bertz CT molecular complexity index is 820. The molecule has 0 fully saturated rings. The lowest BCUT2D eigenvalue weighted by atomic mass is 10.3. The van der Waals surface area contributed by atoms with Crippen LogP contribution in [0.2, 0.25) is 0 Å². The Labute approximate surface area is 136 Å². The molecular formula is C16H14N2O4S. The fourth-order valence-electron chi connectivity index (χ4n) is 1.95. The number of nitrogens with zero attached hydrogens (tertiary/aromatic N) is 1. The summed E-state index contributed by atoms with van der Waals surface area (Å²) in [5, 5.41) is 3.06. The van der Waals surface area contributed by atoms with E-state index in [1.807, 2.05) is 24.3 Å². The van der Waals surface area contributed by atoms with E-state index in [-0.39, 0.29) is 29.7 Å². The van der Waals surface area contributed by atoms with E-state index in [1.165, 1.54) is 18.7 Å². The highest BCUT2D eigenvalue weighted by Crippen LogP contribution is 2.24. The molecule has 118 valence electrons. The van der Waals surface area contributed by atoms with Gasteiger partial charge in [0.2, 0.25) is 11.7 Å². The van der Waals surface area contributed by atoms with Gasteiger partial charge >= 0.3 is 0 Å². The molecule has 1 amide bonds. The zero-order valence-electron chi connectivity index (χ0n) is 12.4. The van der Waals surface area contributed by atoms with Gasteiger partial charge in [-0.25, -0.2) is 4.98 Å². The largest absolute Gasteiger partial charge is 0.456 e. The van der Waals surface area contributed by atoms with Crippen molar-refractivity contribution in [1.82, 2.24) is 10.3 Å². The Morgan fingerprint density at radius 1 is 1.17 bits per heavy atom. The predicted octanol–water partition coefficient (Wildman–Crippen LogP) is 3.03. The van der Waals surface area contributed by atoms with Crippen LogP contribution in [0.5, 0.6) is 0 Å². The number of carbonyl (C=O) groups excluding carboxylic acids is 2. The summed E-state index contributed by atoms with van der Waals surface area (Å²) >= 11 is 1.22. The van der Waals surface area contributed by atoms with E-state index in [9.17, 15) is 9.59 Å². The summed E-state index contributed by atoms with van der Waals surface area (Å²) in [6.45, 7) is 1.69. The number of fused-ring (bicyclic) bond motifs is 1. The highest BCUT2D eigenvalue weighted by molar-refractivity contribution is 7.99. The molecule has 0 spiro atoms. The fraction of sp³-hybridized carbons (Fsp3) is 0.188. The Morgan fingerprint density at radius 2 is 2.00 bits per heavy atom. The molecule has 0 radical (unpaired) electrons. The maximum Gasteiger partial charge on any atom is 0.257 e. The number of benzene rings is 1. The van der Waals surface area contributed by atoms with Crippen molar-refractivity contribution in [3.05, 3.63) is 47.9 Å². The standard InChI is InChI=1S/C16H14N2O4S/c1-10(19)17-8-11-6-7-15(21-11)13(20)9-23-16-18-12-4-2-3-5-14(12)22-16/h2-7H,8-9H2,1H3,(H,17,19). The van der Waals surface area contributed by atoms with Gasteiger partial charge in [0.25, 0.3) is 5.22 Å². The first-order valence-corrected chi connectivity index (χ1v) is 7.95. The van der Waals surface area contributed by atoms with E-state index in [0.717, 1.165) is 5.52 Å². The van der Waals surface area contributed by atoms with Crippen molar-refractivity contribution in [2.75, 3.05) is 5.75 Å². The molecule has 1 aromatic carbocycles. The third-order valence-electron chi connectivity index (χ3n) is 3.05. The van der Waals surface area contributed by atoms with E-state index in [4.69, 9.17) is 8.83 Å². The molecule has 0 unspecified atom stereocenters. The number of Topliss-reactive ketones (excluding diaryl/α,β-unsaturated/α-hetero) is 1. The van der Waals surface area contributed by atoms with Crippen LogP contribution in [-0.4, -0.2) is 22.4 Å². The highest BCUT2D eigenvalue weighted by atomic mass is 32.2. The lowest BCUT2D eigenvalue weighted by molar-refractivity contribution is -0.119. The number of oxazole rings is 1. The van der Waals surface area contributed by atoms with Crippen LogP contribution in [0.3, 0.4) is 0 Å². The molecule has 3 rings (SSSR count). The van der Waals surface area contributed by atoms with Crippen LogP contribution in [0.4, 0.5) is 0 Å². The van der Waals surface area contributed by atoms with Crippen molar-refractivity contribution in [3.8, 4) is 0 Å². The first-order valence-electron chi connectivity index (χ1n) is 6.96. The van der Waals surface area contributed by atoms with Gasteiger partial charge in [0.05, 0.1) is 12.3 Å². The fourth-order valence-corrected chi connectivity index (χ4v) is 2.65. The molecule has 7 heteroatoms. The number of hydrogen-bond acceptors (Lipinski definition) is 6. The zero-order chi connectivity index (χ0) is 16.2. The Balaban J connectivity index is 1.59. The average Bonchev–Trinajstić information content (AvgIpc) is 3.16. The minimum Gasteiger partial charge on any atom is -0.456 e. The van der Waals surface area contributed by atoms with Crippen LogP contribution in [-0.2, 0) is 11.3 Å². The highest BCUT2D eigenvalue weighted by Gasteiger charge is 2.14. The number of aromatic nitrogens is 1. The molecule has 0 aliphatic rings. The molecule has 0 bridgehead atoms. The van der Waals surface area contributed by atoms with E-state index in [1.54, 1.807) is 12.1 Å². The summed E-state index contributed by atoms with van der Waals surface area (Å²) in [5.41, 5.74) is 1.45. The van der Waals surface area contributed by atoms with Crippen molar-refractivity contribution in [2.24, 2.45) is 0 Å². The molecule has 23 heavy (non-hydrogen) atoms. The van der Waals surface area contributed by atoms with Gasteiger partial charge < -0.3 is 14.2 Å². The van der Waals surface area contributed by atoms with Crippen LogP contribution in [0.25, 0.3) is 11.1 Å². The second kappa shape index (κ2) is 6.70. The SMILES string of the molecule is CC(=O)NCc1ccc(C(=O)CSc2nc3ccccc3o2)o1. The van der Waals surface area contributed by atoms with Crippen LogP contribution in [0.15, 0.2) is 50.5 Å². The number of para-hydroxylation sites is 2. The number of furan rings is 1. The summed E-state index contributed by atoms with van der Waals surface area (Å²) in [4.78, 5) is 27.3. The van der Waals surface area contributed by atoms with Crippen molar-refractivity contribution in [1.29, 1.82) is 0 Å². The maximum absolute atomic E-state index is 12.1. The minimum absolute atomic E-state index is 0.152. The second-order valence-corrected chi connectivity index (χ2v) is 5.76. The summed E-state index contributed by atoms with van der Waals surface area (Å²) in [7, 11) is 0. The maximum atomic E-state index is 12.1. The average molecular weight is 330 g/mol. The van der Waals surface area contributed by atoms with Crippen molar-refractivity contribution in [3.63, 3.8) is 0 Å². The van der Waals surface area contributed by atoms with Crippen molar-refractivity contribution in [2.45, 2.75) is 18.7 Å². The summed E-state index contributed by atoms with van der Waals surface area (Å²) in [6, 6.07) is 10.7. The first-order chi connectivity index (χ1) is 11.1. The van der Waals surface area contributed by atoms with Crippen LogP contribution < -0.4 is 5.32 Å². The van der Waals surface area contributed by atoms with Crippen molar-refractivity contribution >= 4 is 34.6 Å². The zero-order valence-corrected chi connectivity index (χ0v) is 13.2. The van der Waals surface area contributed by atoms with Crippen molar-refractivity contribution < 1.29 is 18.4 Å². The number of hydrogen-bond donors (Lipinski definition) is 1. The molecule has 0 saturated carbocycles. The summed E-state index contributed by atoms with van der Waals surface area (Å²) < 4.78 is 11.0. The van der Waals surface area contributed by atoms with Gasteiger partial charge in [-0.05, 0) is 24.3 Å². The number of amides is 1. The Morgan fingerprint density at radius 3 is 2.78 bits per heavy atom. The summed E-state index contributed by atoms with van der Waals surface area (Å²) in [6.07, 6.45) is 0. The van der Waals surface area contributed by atoms with Gasteiger partial charge in [-0.3, -0.25) is 9.59 Å². The molecule has 2 aromatic heterocycles. The predicted molar refractivity (Wildman–Crippen MR) is 85.3 cm³/mol. The van der Waals surface area contributed by atoms with Gasteiger partial charge in [0.1, 0.15) is 11.3 Å².